The second kappa shape index (κ2) is 5.93. The van der Waals surface area contributed by atoms with Crippen molar-refractivity contribution in [1.82, 2.24) is 0 Å². The van der Waals surface area contributed by atoms with Crippen molar-refractivity contribution in [3.8, 4) is 11.8 Å². The monoisotopic (exact) mass is 273 g/mol. The van der Waals surface area contributed by atoms with Gasteiger partial charge >= 0.3 is 0 Å². The zero-order valence-electron chi connectivity index (χ0n) is 10.3. The van der Waals surface area contributed by atoms with Crippen LogP contribution < -0.4 is 4.74 Å². The molecule has 0 amide bonds. The molecule has 0 N–H and O–H groups in total. The lowest BCUT2D eigenvalue weighted by Crippen LogP contribution is -2.11. The topological polar surface area (TPSA) is 50.1 Å². The van der Waals surface area contributed by atoms with Crippen molar-refractivity contribution < 1.29 is 18.3 Å². The van der Waals surface area contributed by atoms with Crippen LogP contribution in [0.5, 0.6) is 5.75 Å². The largest absolute Gasteiger partial charge is 0.485 e. The van der Waals surface area contributed by atoms with E-state index in [9.17, 15) is 13.6 Å². The molecule has 0 heterocycles. The number of benzene rings is 2. The van der Waals surface area contributed by atoms with Crippen LogP contribution in [0.1, 0.15) is 15.9 Å². The first-order valence-electron chi connectivity index (χ1n) is 5.71. The van der Waals surface area contributed by atoms with Gasteiger partial charge in [0.15, 0.2) is 24.0 Å². The van der Waals surface area contributed by atoms with E-state index in [4.69, 9.17) is 10.00 Å². The van der Waals surface area contributed by atoms with Crippen molar-refractivity contribution in [2.45, 2.75) is 0 Å². The highest BCUT2D eigenvalue weighted by atomic mass is 19.2. The summed E-state index contributed by atoms with van der Waals surface area (Å²) in [6.07, 6.45) is 0. The first kappa shape index (κ1) is 13.7. The summed E-state index contributed by atoms with van der Waals surface area (Å²) < 4.78 is 30.7. The summed E-state index contributed by atoms with van der Waals surface area (Å²) in [5, 5.41) is 8.64. The van der Waals surface area contributed by atoms with Crippen LogP contribution in [0.4, 0.5) is 8.78 Å². The SMILES string of the molecule is N#Cc1ccc(C(=O)COc2ccc(F)c(F)c2)cc1. The fourth-order valence-electron chi connectivity index (χ4n) is 1.53. The number of ketones is 1. The predicted molar refractivity (Wildman–Crippen MR) is 67.3 cm³/mol. The normalized spacial score (nSPS) is 9.85. The number of hydrogen-bond acceptors (Lipinski definition) is 3. The van der Waals surface area contributed by atoms with Gasteiger partial charge in [-0.1, -0.05) is 0 Å². The molecule has 0 radical (unpaired) electrons. The molecule has 3 nitrogen and oxygen atoms in total. The molecule has 5 heteroatoms. The van der Waals surface area contributed by atoms with E-state index in [1.165, 1.54) is 30.3 Å². The number of rotatable bonds is 4. The quantitative estimate of drug-likeness (QED) is 0.804. The van der Waals surface area contributed by atoms with E-state index < -0.39 is 11.6 Å². The summed E-state index contributed by atoms with van der Waals surface area (Å²) >= 11 is 0. The maximum absolute atomic E-state index is 12.9. The minimum absolute atomic E-state index is 0.0749. The number of ether oxygens (including phenoxy) is 1. The lowest BCUT2D eigenvalue weighted by atomic mass is 10.1. The van der Waals surface area contributed by atoms with Crippen LogP contribution in [-0.2, 0) is 0 Å². The lowest BCUT2D eigenvalue weighted by Gasteiger charge is -2.06. The van der Waals surface area contributed by atoms with Gasteiger partial charge in [0.05, 0.1) is 11.6 Å². The Kier molecular flexibility index (Phi) is 4.06. The smallest absolute Gasteiger partial charge is 0.200 e. The predicted octanol–water partition coefficient (Wildman–Crippen LogP) is 3.10. The van der Waals surface area contributed by atoms with Crippen LogP contribution in [0.2, 0.25) is 0 Å². The fraction of sp³-hybridized carbons (Fsp3) is 0.0667. The third-order valence-electron chi connectivity index (χ3n) is 2.60. The first-order valence-corrected chi connectivity index (χ1v) is 5.71. The van der Waals surface area contributed by atoms with Crippen LogP contribution in [0, 0.1) is 23.0 Å². The Labute approximate surface area is 114 Å². The summed E-state index contributed by atoms with van der Waals surface area (Å²) in [6.45, 7) is -0.295. The zero-order valence-corrected chi connectivity index (χ0v) is 10.3. The molecule has 0 aliphatic rings. The Hall–Kier alpha value is -2.74. The third-order valence-corrected chi connectivity index (χ3v) is 2.60. The minimum atomic E-state index is -1.03. The number of halogens is 2. The van der Waals surface area contributed by atoms with Crippen LogP contribution >= 0.6 is 0 Å². The molecule has 100 valence electrons. The molecular weight excluding hydrogens is 264 g/mol. The van der Waals surface area contributed by atoms with E-state index in [1.807, 2.05) is 6.07 Å². The van der Waals surface area contributed by atoms with Gasteiger partial charge in [0, 0.05) is 11.6 Å². The van der Waals surface area contributed by atoms with Crippen molar-refractivity contribution in [2.24, 2.45) is 0 Å². The number of carbonyl (C=O) groups is 1. The zero-order chi connectivity index (χ0) is 14.5. The fourth-order valence-corrected chi connectivity index (χ4v) is 1.53. The Morgan fingerprint density at radius 3 is 2.40 bits per heavy atom. The number of carbonyl (C=O) groups excluding carboxylic acids is 1. The molecular formula is C15H9F2NO2. The van der Waals surface area contributed by atoms with E-state index in [2.05, 4.69) is 0 Å². The van der Waals surface area contributed by atoms with Crippen LogP contribution in [0.3, 0.4) is 0 Å². The first-order chi connectivity index (χ1) is 9.60. The molecule has 0 fully saturated rings. The average Bonchev–Trinajstić information content (AvgIpc) is 2.48. The van der Waals surface area contributed by atoms with Crippen molar-refractivity contribution >= 4 is 5.78 Å². The second-order valence-corrected chi connectivity index (χ2v) is 3.98. The van der Waals surface area contributed by atoms with E-state index in [1.54, 1.807) is 0 Å². The molecule has 2 aromatic rings. The van der Waals surface area contributed by atoms with E-state index >= 15 is 0 Å². The summed E-state index contributed by atoms with van der Waals surface area (Å²) in [6, 6.07) is 11.0. The van der Waals surface area contributed by atoms with Gasteiger partial charge in [-0.05, 0) is 36.4 Å². The molecule has 2 rings (SSSR count). The van der Waals surface area contributed by atoms with Gasteiger partial charge < -0.3 is 4.74 Å². The lowest BCUT2D eigenvalue weighted by molar-refractivity contribution is 0.0921. The Morgan fingerprint density at radius 2 is 1.80 bits per heavy atom. The molecule has 0 unspecified atom stereocenters. The van der Waals surface area contributed by atoms with Gasteiger partial charge in [-0.2, -0.15) is 5.26 Å². The van der Waals surface area contributed by atoms with Crippen molar-refractivity contribution in [1.29, 1.82) is 5.26 Å². The highest BCUT2D eigenvalue weighted by Crippen LogP contribution is 2.15. The standard InChI is InChI=1S/C15H9F2NO2/c16-13-6-5-12(7-14(13)17)20-9-15(19)11-3-1-10(8-18)2-4-11/h1-7H,9H2. The Balaban J connectivity index is 2.01. The van der Waals surface area contributed by atoms with E-state index in [0.29, 0.717) is 11.1 Å². The minimum Gasteiger partial charge on any atom is -0.485 e. The number of nitriles is 1. The number of Topliss-reactive ketones (excluding diaryl/α,β-unsaturated/α-hetero) is 1. The summed E-state index contributed by atoms with van der Waals surface area (Å²) in [4.78, 5) is 11.8. The molecule has 0 aromatic heterocycles. The van der Waals surface area contributed by atoms with Crippen molar-refractivity contribution in [2.75, 3.05) is 6.61 Å². The molecule has 0 atom stereocenters. The van der Waals surface area contributed by atoms with Crippen LogP contribution in [0.25, 0.3) is 0 Å². The molecule has 2 aromatic carbocycles. The van der Waals surface area contributed by atoms with Crippen molar-refractivity contribution in [3.05, 3.63) is 65.2 Å². The van der Waals surface area contributed by atoms with Gasteiger partial charge in [0.25, 0.3) is 0 Å². The van der Waals surface area contributed by atoms with Gasteiger partial charge in [-0.15, -0.1) is 0 Å². The Morgan fingerprint density at radius 1 is 1.10 bits per heavy atom. The Bertz CT molecular complexity index is 675. The van der Waals surface area contributed by atoms with Crippen LogP contribution in [0.15, 0.2) is 42.5 Å². The molecule has 20 heavy (non-hydrogen) atoms. The average molecular weight is 273 g/mol. The molecule has 0 saturated carbocycles. The van der Waals surface area contributed by atoms with Gasteiger partial charge in [-0.25, -0.2) is 8.78 Å². The third kappa shape index (κ3) is 3.18. The van der Waals surface area contributed by atoms with Gasteiger partial charge in [-0.3, -0.25) is 4.79 Å². The molecule has 0 spiro atoms. The molecule has 0 bridgehead atoms. The van der Waals surface area contributed by atoms with Gasteiger partial charge in [0.1, 0.15) is 5.75 Å². The summed E-state index contributed by atoms with van der Waals surface area (Å²) in [5.41, 5.74) is 0.828. The maximum Gasteiger partial charge on any atom is 0.200 e. The highest BCUT2D eigenvalue weighted by molar-refractivity contribution is 5.97. The summed E-state index contributed by atoms with van der Waals surface area (Å²) in [7, 11) is 0. The number of nitrogens with zero attached hydrogens (tertiary/aromatic N) is 1. The maximum atomic E-state index is 12.9. The van der Waals surface area contributed by atoms with E-state index in [0.717, 1.165) is 12.1 Å². The highest BCUT2D eigenvalue weighted by Gasteiger charge is 2.08. The second-order valence-electron chi connectivity index (χ2n) is 3.98. The molecule has 0 saturated heterocycles. The van der Waals surface area contributed by atoms with Crippen LogP contribution in [-0.4, -0.2) is 12.4 Å². The molecule has 0 aliphatic carbocycles. The van der Waals surface area contributed by atoms with Gasteiger partial charge in [0.2, 0.25) is 0 Å². The van der Waals surface area contributed by atoms with Crippen molar-refractivity contribution in [3.63, 3.8) is 0 Å². The summed E-state index contributed by atoms with van der Waals surface area (Å²) in [5.74, 6) is -2.26. The number of hydrogen-bond donors (Lipinski definition) is 0. The van der Waals surface area contributed by atoms with E-state index in [-0.39, 0.29) is 18.1 Å². The molecule has 0 aliphatic heterocycles.